The summed E-state index contributed by atoms with van der Waals surface area (Å²) in [5.41, 5.74) is -0.766. The molecule has 1 aliphatic heterocycles. The number of hydrogen-bond acceptors (Lipinski definition) is 6. The number of rotatable bonds is 4. The molecule has 5 rings (SSSR count). The third kappa shape index (κ3) is 3.58. The summed E-state index contributed by atoms with van der Waals surface area (Å²) < 4.78 is 102. The third-order valence-electron chi connectivity index (χ3n) is 5.85. The zero-order valence-electron chi connectivity index (χ0n) is 17.3. The van der Waals surface area contributed by atoms with E-state index in [4.69, 9.17) is 0 Å². The highest BCUT2D eigenvalue weighted by atomic mass is 32.2. The van der Waals surface area contributed by atoms with Crippen LogP contribution in [0.4, 0.5) is 22.0 Å². The number of nitrogens with zero attached hydrogens (tertiary/aromatic N) is 2. The van der Waals surface area contributed by atoms with Gasteiger partial charge in [0.15, 0.2) is 27.1 Å². The van der Waals surface area contributed by atoms with Crippen LogP contribution in [-0.2, 0) is 28.9 Å². The average molecular weight is 502 g/mol. The van der Waals surface area contributed by atoms with Gasteiger partial charge in [0.25, 0.3) is 0 Å². The van der Waals surface area contributed by atoms with Crippen LogP contribution in [0.25, 0.3) is 5.52 Å². The zero-order chi connectivity index (χ0) is 24.6. The van der Waals surface area contributed by atoms with Gasteiger partial charge in [-0.15, -0.1) is 8.78 Å². The Hall–Kier alpha value is -3.22. The minimum Gasteiger partial charge on any atom is -0.395 e. The summed E-state index contributed by atoms with van der Waals surface area (Å²) in [4.78, 5) is 12.6. The van der Waals surface area contributed by atoms with Crippen LogP contribution >= 0.6 is 0 Å². The lowest BCUT2D eigenvalue weighted by atomic mass is 9.99. The van der Waals surface area contributed by atoms with Crippen LogP contribution in [0.1, 0.15) is 34.1 Å². The van der Waals surface area contributed by atoms with Crippen molar-refractivity contribution in [3.8, 4) is 11.5 Å². The molecule has 180 valence electrons. The number of carbonyl (C=O) groups is 1. The Bertz CT molecular complexity index is 1460. The first-order valence-corrected chi connectivity index (χ1v) is 11.7. The number of aromatic nitrogens is 2. The monoisotopic (exact) mass is 502 g/mol. The number of fused-ring (bicyclic) bond motifs is 3. The molecule has 0 spiro atoms. The highest BCUT2D eigenvalue weighted by Gasteiger charge is 2.45. The van der Waals surface area contributed by atoms with E-state index in [1.165, 1.54) is 13.0 Å². The van der Waals surface area contributed by atoms with Crippen LogP contribution in [0.5, 0.6) is 11.5 Å². The van der Waals surface area contributed by atoms with Gasteiger partial charge < -0.3 is 9.47 Å². The molecule has 1 unspecified atom stereocenters. The van der Waals surface area contributed by atoms with Gasteiger partial charge in [-0.1, -0.05) is 6.92 Å². The molecule has 1 aliphatic carbocycles. The average Bonchev–Trinajstić information content (AvgIpc) is 3.35. The topological polar surface area (TPSA) is 87.0 Å². The first-order valence-electron chi connectivity index (χ1n) is 10.1. The predicted molar refractivity (Wildman–Crippen MR) is 106 cm³/mol. The maximum Gasteiger partial charge on any atom is 0.586 e. The molecule has 2 aliphatic rings. The molecule has 0 amide bonds. The molecular formula is C21H15F5N2O5S. The molecule has 2 aromatic heterocycles. The Kier molecular flexibility index (Phi) is 4.74. The van der Waals surface area contributed by atoms with E-state index < -0.39 is 39.6 Å². The molecule has 1 atom stereocenters. The van der Waals surface area contributed by atoms with E-state index in [1.807, 2.05) is 0 Å². The lowest BCUT2D eigenvalue weighted by Crippen LogP contribution is -2.26. The molecule has 1 aromatic carbocycles. The van der Waals surface area contributed by atoms with Gasteiger partial charge in [0.1, 0.15) is 4.90 Å². The maximum atomic E-state index is 13.3. The van der Waals surface area contributed by atoms with Gasteiger partial charge in [0.05, 0.1) is 22.5 Å². The minimum atomic E-state index is -4.69. The number of carbonyl (C=O) groups excluding carboxylic acids is 1. The maximum absolute atomic E-state index is 13.3. The fraction of sp³-hybridized carbons (Fsp3) is 0.333. The summed E-state index contributed by atoms with van der Waals surface area (Å²) in [7, 11) is -4.01. The van der Waals surface area contributed by atoms with Crippen molar-refractivity contribution in [1.29, 1.82) is 0 Å². The van der Waals surface area contributed by atoms with Crippen molar-refractivity contribution < 1.29 is 44.6 Å². The zero-order valence-corrected chi connectivity index (χ0v) is 18.1. The van der Waals surface area contributed by atoms with Gasteiger partial charge in [-0.25, -0.2) is 12.9 Å². The van der Waals surface area contributed by atoms with E-state index in [1.54, 1.807) is 0 Å². The fourth-order valence-electron chi connectivity index (χ4n) is 4.28. The predicted octanol–water partition coefficient (Wildman–Crippen LogP) is 4.07. The summed E-state index contributed by atoms with van der Waals surface area (Å²) in [6.07, 6.45) is -7.60. The molecule has 3 heterocycles. The number of hydrogen-bond donors (Lipinski definition) is 0. The summed E-state index contributed by atoms with van der Waals surface area (Å²) in [6, 6.07) is 3.91. The Morgan fingerprint density at radius 3 is 2.50 bits per heavy atom. The number of Topliss-reactive ketones (excluding diaryl/α,β-unsaturated/α-hetero) is 1. The number of benzene rings is 1. The first kappa shape index (κ1) is 22.6. The number of pyridine rings is 1. The molecule has 0 radical (unpaired) electrons. The summed E-state index contributed by atoms with van der Waals surface area (Å²) in [6.45, 7) is 1.35. The molecule has 7 nitrogen and oxygen atoms in total. The summed E-state index contributed by atoms with van der Waals surface area (Å²) >= 11 is 0. The lowest BCUT2D eigenvalue weighted by Gasteiger charge is -2.09. The van der Waals surface area contributed by atoms with Gasteiger partial charge in [0, 0.05) is 24.1 Å². The van der Waals surface area contributed by atoms with Gasteiger partial charge in [-0.2, -0.15) is 18.3 Å². The third-order valence-corrected chi connectivity index (χ3v) is 7.67. The van der Waals surface area contributed by atoms with Gasteiger partial charge in [-0.05, 0) is 36.2 Å². The van der Waals surface area contributed by atoms with Crippen LogP contribution in [0.2, 0.25) is 0 Å². The van der Waals surface area contributed by atoms with Gasteiger partial charge in [0.2, 0.25) is 0 Å². The number of sulfone groups is 1. The number of halogens is 5. The highest BCUT2D eigenvalue weighted by molar-refractivity contribution is 7.91. The number of ketones is 1. The van der Waals surface area contributed by atoms with Crippen LogP contribution < -0.4 is 9.47 Å². The molecule has 0 saturated heterocycles. The highest BCUT2D eigenvalue weighted by Crippen LogP contribution is 2.45. The minimum absolute atomic E-state index is 0.0427. The van der Waals surface area contributed by atoms with Crippen molar-refractivity contribution in [3.63, 3.8) is 0 Å². The van der Waals surface area contributed by atoms with E-state index in [-0.39, 0.29) is 51.8 Å². The molecule has 3 aromatic rings. The van der Waals surface area contributed by atoms with Gasteiger partial charge in [-0.3, -0.25) is 4.79 Å². The van der Waals surface area contributed by atoms with Crippen LogP contribution in [0.3, 0.4) is 0 Å². The Morgan fingerprint density at radius 1 is 1.18 bits per heavy atom. The lowest BCUT2D eigenvalue weighted by molar-refractivity contribution is -0.286. The normalized spacial score (nSPS) is 19.1. The standard InChI is InChI=1S/C21H15F5N2O5S/c1-2-34(30,31)19-14(27-28-4-3-12(8-15(19)28)20(22,23)24)6-11-5-10-7-16-17(9-13(10)18(11)29)33-21(25,26)32-16/h3-4,7-9,11H,2,5-6H2,1H3. The Labute approximate surface area is 189 Å². The smallest absolute Gasteiger partial charge is 0.395 e. The molecule has 13 heteroatoms. The SMILES string of the molecule is CCS(=O)(=O)c1c(CC2Cc3cc4c(cc3C2=O)OC(F)(F)O4)nn2ccc(C(F)(F)F)cc12. The van der Waals surface area contributed by atoms with E-state index in [2.05, 4.69) is 14.6 Å². The molecule has 0 fully saturated rings. The van der Waals surface area contributed by atoms with Crippen molar-refractivity contribution in [1.82, 2.24) is 9.61 Å². The van der Waals surface area contributed by atoms with Crippen molar-refractivity contribution in [3.05, 3.63) is 52.8 Å². The first-order chi connectivity index (χ1) is 15.8. The van der Waals surface area contributed by atoms with E-state index in [0.717, 1.165) is 22.8 Å². The van der Waals surface area contributed by atoms with E-state index in [0.29, 0.717) is 11.6 Å². The van der Waals surface area contributed by atoms with Crippen LogP contribution in [-0.4, -0.2) is 35.9 Å². The molecule has 34 heavy (non-hydrogen) atoms. The number of ether oxygens (including phenoxy) is 2. The van der Waals surface area contributed by atoms with Crippen molar-refractivity contribution in [2.75, 3.05) is 5.75 Å². The Balaban J connectivity index is 1.54. The summed E-state index contributed by atoms with van der Waals surface area (Å²) in [5, 5.41) is 4.16. The number of alkyl halides is 5. The second-order valence-corrected chi connectivity index (χ2v) is 10.2. The molecule has 0 bridgehead atoms. The summed E-state index contributed by atoms with van der Waals surface area (Å²) in [5.74, 6) is -2.13. The quantitative estimate of drug-likeness (QED) is 0.500. The van der Waals surface area contributed by atoms with Crippen LogP contribution in [0.15, 0.2) is 35.4 Å². The van der Waals surface area contributed by atoms with Crippen molar-refractivity contribution >= 4 is 21.1 Å². The second kappa shape index (κ2) is 7.14. The fourth-order valence-corrected chi connectivity index (χ4v) is 5.52. The van der Waals surface area contributed by atoms with E-state index >= 15 is 0 Å². The van der Waals surface area contributed by atoms with Crippen molar-refractivity contribution in [2.45, 2.75) is 37.1 Å². The molecular weight excluding hydrogens is 487 g/mol. The molecule has 0 N–H and O–H groups in total. The van der Waals surface area contributed by atoms with Crippen molar-refractivity contribution in [2.24, 2.45) is 5.92 Å². The largest absolute Gasteiger partial charge is 0.586 e. The van der Waals surface area contributed by atoms with Gasteiger partial charge >= 0.3 is 12.5 Å². The van der Waals surface area contributed by atoms with Crippen LogP contribution in [0, 0.1) is 5.92 Å². The van der Waals surface area contributed by atoms with E-state index in [9.17, 15) is 35.2 Å². The second-order valence-electron chi connectivity index (χ2n) is 8.02. The molecule has 0 saturated carbocycles. The Morgan fingerprint density at radius 2 is 1.85 bits per heavy atom.